The summed E-state index contributed by atoms with van der Waals surface area (Å²) >= 11 is 0. The zero-order chi connectivity index (χ0) is 28.9. The Bertz CT molecular complexity index is 1060. The van der Waals surface area contributed by atoms with Crippen LogP contribution in [0.1, 0.15) is 101 Å². The average Bonchev–Trinajstić information content (AvgIpc) is 2.91. The Labute approximate surface area is 231 Å². The second-order valence-electron chi connectivity index (χ2n) is 11.4. The molecule has 0 atom stereocenters. The molecule has 222 valence electrons. The van der Waals surface area contributed by atoms with Gasteiger partial charge in [-0.1, -0.05) is 57.6 Å². The molecule has 2 aromatic carbocycles. The molecule has 2 aliphatic carbocycles. The van der Waals surface area contributed by atoms with Crippen LogP contribution in [0.3, 0.4) is 0 Å². The highest BCUT2D eigenvalue weighted by atomic mass is 19.4. The zero-order valence-corrected chi connectivity index (χ0v) is 22.7. The number of ether oxygens (including phenoxy) is 2. The van der Waals surface area contributed by atoms with Crippen LogP contribution in [0.15, 0.2) is 36.4 Å². The summed E-state index contributed by atoms with van der Waals surface area (Å²) in [4.78, 5) is 0. The molecule has 9 heteroatoms. The first-order chi connectivity index (χ1) is 18.9. The topological polar surface area (TPSA) is 18.5 Å². The molecule has 4 rings (SSSR count). The molecule has 0 unspecified atom stereocenters. The Balaban J connectivity index is 1.29. The van der Waals surface area contributed by atoms with Crippen molar-refractivity contribution in [1.82, 2.24) is 0 Å². The molecule has 0 radical (unpaired) electrons. The number of hydrogen-bond donors (Lipinski definition) is 0. The molecule has 0 heterocycles. The van der Waals surface area contributed by atoms with Crippen LogP contribution < -0.4 is 9.47 Å². The van der Waals surface area contributed by atoms with Gasteiger partial charge < -0.3 is 9.47 Å². The molecule has 2 aromatic rings. The standard InChI is InChI=1S/C31H37F7O2/c1-2-3-4-5-20-6-8-21(9-7-20)22-10-12-23(13-11-22)24-14-16-25(17-15-24)30(34,35)39-26-18-27(32)29(28(33)19-26)40-31(36,37)38/h14-23H,2-13H2,1H3. The van der Waals surface area contributed by atoms with E-state index in [2.05, 4.69) is 16.4 Å². The van der Waals surface area contributed by atoms with E-state index < -0.39 is 41.2 Å². The third kappa shape index (κ3) is 8.06. The van der Waals surface area contributed by atoms with Crippen LogP contribution in [0.25, 0.3) is 0 Å². The summed E-state index contributed by atoms with van der Waals surface area (Å²) in [6.07, 6.45) is 5.63. The van der Waals surface area contributed by atoms with Crippen LogP contribution in [0.5, 0.6) is 11.5 Å². The van der Waals surface area contributed by atoms with Crippen molar-refractivity contribution in [3.63, 3.8) is 0 Å². The van der Waals surface area contributed by atoms with Crippen LogP contribution in [0.4, 0.5) is 30.7 Å². The van der Waals surface area contributed by atoms with E-state index in [1.165, 1.54) is 63.5 Å². The lowest BCUT2D eigenvalue weighted by Gasteiger charge is -2.38. The van der Waals surface area contributed by atoms with Gasteiger partial charge in [-0.2, -0.15) is 8.78 Å². The fourth-order valence-electron chi connectivity index (χ4n) is 6.52. The largest absolute Gasteiger partial charge is 0.573 e. The van der Waals surface area contributed by atoms with Crippen LogP contribution in [-0.2, 0) is 6.11 Å². The molecule has 2 saturated carbocycles. The normalized spacial score (nSPS) is 24.1. The van der Waals surface area contributed by atoms with Gasteiger partial charge >= 0.3 is 12.5 Å². The number of rotatable bonds is 10. The fourth-order valence-corrected chi connectivity index (χ4v) is 6.52. The van der Waals surface area contributed by atoms with Gasteiger partial charge in [-0.3, -0.25) is 0 Å². The predicted octanol–water partition coefficient (Wildman–Crippen LogP) is 10.7. The molecule has 0 spiro atoms. The van der Waals surface area contributed by atoms with E-state index in [1.807, 2.05) is 0 Å². The van der Waals surface area contributed by atoms with Crippen molar-refractivity contribution in [2.75, 3.05) is 0 Å². The van der Waals surface area contributed by atoms with E-state index in [1.54, 1.807) is 12.1 Å². The fraction of sp³-hybridized carbons (Fsp3) is 0.613. The second kappa shape index (κ2) is 13.0. The van der Waals surface area contributed by atoms with E-state index in [-0.39, 0.29) is 18.1 Å². The summed E-state index contributed by atoms with van der Waals surface area (Å²) in [7, 11) is 0. The molecular weight excluding hydrogens is 537 g/mol. The van der Waals surface area contributed by atoms with Crippen LogP contribution in [-0.4, -0.2) is 6.36 Å². The summed E-state index contributed by atoms with van der Waals surface area (Å²) in [6.45, 7) is 2.24. The highest BCUT2D eigenvalue weighted by molar-refractivity contribution is 5.36. The van der Waals surface area contributed by atoms with Crippen molar-refractivity contribution >= 4 is 0 Å². The summed E-state index contributed by atoms with van der Waals surface area (Å²) in [5, 5.41) is 0. The van der Waals surface area contributed by atoms with Crippen molar-refractivity contribution in [2.45, 2.75) is 102 Å². The predicted molar refractivity (Wildman–Crippen MR) is 138 cm³/mol. The maximum Gasteiger partial charge on any atom is 0.573 e. The molecular formula is C31H37F7O2. The summed E-state index contributed by atoms with van der Waals surface area (Å²) < 4.78 is 102. The van der Waals surface area contributed by atoms with Gasteiger partial charge in [0, 0.05) is 12.1 Å². The van der Waals surface area contributed by atoms with Crippen LogP contribution in [0, 0.1) is 29.4 Å². The maximum absolute atomic E-state index is 14.7. The van der Waals surface area contributed by atoms with Crippen molar-refractivity contribution in [3.05, 3.63) is 59.2 Å². The lowest BCUT2D eigenvalue weighted by Crippen LogP contribution is -2.25. The SMILES string of the molecule is CCCCCC1CCC(C2CCC(c3ccc(C(F)(F)Oc4cc(F)c(OC(F)(F)F)c(F)c4)cc3)CC2)CC1. The summed E-state index contributed by atoms with van der Waals surface area (Å²) in [5.74, 6) is -3.62. The van der Waals surface area contributed by atoms with E-state index >= 15 is 0 Å². The Morgan fingerprint density at radius 2 is 1.27 bits per heavy atom. The van der Waals surface area contributed by atoms with Gasteiger partial charge in [0.1, 0.15) is 5.75 Å². The van der Waals surface area contributed by atoms with Gasteiger partial charge in [-0.05, 0) is 79.9 Å². The van der Waals surface area contributed by atoms with Crippen LogP contribution >= 0.6 is 0 Å². The van der Waals surface area contributed by atoms with Gasteiger partial charge in [0.2, 0.25) is 5.75 Å². The van der Waals surface area contributed by atoms with Gasteiger partial charge in [0.15, 0.2) is 11.6 Å². The van der Waals surface area contributed by atoms with Gasteiger partial charge in [0.25, 0.3) is 0 Å². The smallest absolute Gasteiger partial charge is 0.429 e. The molecule has 0 aromatic heterocycles. The monoisotopic (exact) mass is 574 g/mol. The van der Waals surface area contributed by atoms with E-state index in [4.69, 9.17) is 0 Å². The van der Waals surface area contributed by atoms with E-state index in [0.717, 1.165) is 49.0 Å². The Kier molecular flexibility index (Phi) is 9.93. The molecule has 0 amide bonds. The van der Waals surface area contributed by atoms with Gasteiger partial charge in [-0.25, -0.2) is 8.78 Å². The summed E-state index contributed by atoms with van der Waals surface area (Å²) in [6, 6.07) is 6.14. The first kappa shape index (κ1) is 30.5. The maximum atomic E-state index is 14.7. The van der Waals surface area contributed by atoms with Crippen molar-refractivity contribution in [3.8, 4) is 11.5 Å². The third-order valence-corrected chi connectivity index (χ3v) is 8.70. The lowest BCUT2D eigenvalue weighted by atomic mass is 9.68. The van der Waals surface area contributed by atoms with Gasteiger partial charge in [-0.15, -0.1) is 13.2 Å². The average molecular weight is 575 g/mol. The lowest BCUT2D eigenvalue weighted by molar-refractivity contribution is -0.276. The molecule has 40 heavy (non-hydrogen) atoms. The number of unbranched alkanes of at least 4 members (excludes halogenated alkanes) is 2. The van der Waals surface area contributed by atoms with Crippen molar-refractivity contribution in [1.29, 1.82) is 0 Å². The van der Waals surface area contributed by atoms with Crippen molar-refractivity contribution < 1.29 is 40.2 Å². The van der Waals surface area contributed by atoms with Crippen LogP contribution in [0.2, 0.25) is 0 Å². The minimum Gasteiger partial charge on any atom is -0.429 e. The quantitative estimate of drug-likeness (QED) is 0.208. The van der Waals surface area contributed by atoms with E-state index in [0.29, 0.717) is 0 Å². The second-order valence-corrected chi connectivity index (χ2v) is 11.4. The first-order valence-electron chi connectivity index (χ1n) is 14.4. The molecule has 0 bridgehead atoms. The first-order valence-corrected chi connectivity index (χ1v) is 14.4. The Morgan fingerprint density at radius 1 is 0.725 bits per heavy atom. The molecule has 2 fully saturated rings. The molecule has 0 aliphatic heterocycles. The highest BCUT2D eigenvalue weighted by Gasteiger charge is 2.38. The van der Waals surface area contributed by atoms with E-state index in [9.17, 15) is 30.7 Å². The minimum atomic E-state index is -5.35. The summed E-state index contributed by atoms with van der Waals surface area (Å²) in [5.41, 5.74) is 0.431. The molecule has 2 aliphatic rings. The molecule has 0 saturated heterocycles. The zero-order valence-electron chi connectivity index (χ0n) is 22.7. The molecule has 0 N–H and O–H groups in total. The Morgan fingerprint density at radius 3 is 1.80 bits per heavy atom. The van der Waals surface area contributed by atoms with Crippen molar-refractivity contribution in [2.24, 2.45) is 17.8 Å². The third-order valence-electron chi connectivity index (χ3n) is 8.70. The number of halogens is 7. The minimum absolute atomic E-state index is 0.226. The highest BCUT2D eigenvalue weighted by Crippen LogP contribution is 2.45. The number of alkyl halides is 5. The molecule has 2 nitrogen and oxygen atoms in total. The Hall–Kier alpha value is -2.45. The number of hydrogen-bond acceptors (Lipinski definition) is 2. The van der Waals surface area contributed by atoms with Gasteiger partial charge in [0.05, 0.1) is 5.56 Å². The number of benzene rings is 2.